The van der Waals surface area contributed by atoms with Gasteiger partial charge in [0.15, 0.2) is 0 Å². The Kier molecular flexibility index (Phi) is 6.59. The minimum Gasteiger partial charge on any atom is -0.457 e. The summed E-state index contributed by atoms with van der Waals surface area (Å²) in [6, 6.07) is 13.9. The Balaban J connectivity index is 1.68. The molecule has 1 aliphatic heterocycles. The summed E-state index contributed by atoms with van der Waals surface area (Å²) in [5.74, 6) is 1.10. The van der Waals surface area contributed by atoms with Crippen molar-refractivity contribution in [2.24, 2.45) is 11.1 Å². The van der Waals surface area contributed by atoms with Gasteiger partial charge in [-0.2, -0.15) is 12.7 Å². The lowest BCUT2D eigenvalue weighted by Gasteiger charge is -2.31. The Labute approximate surface area is 171 Å². The van der Waals surface area contributed by atoms with E-state index in [9.17, 15) is 16.8 Å². The van der Waals surface area contributed by atoms with Crippen LogP contribution in [-0.4, -0.2) is 40.8 Å². The molecule has 10 heteroatoms. The zero-order chi connectivity index (χ0) is 21.1. The van der Waals surface area contributed by atoms with Crippen LogP contribution in [0.3, 0.4) is 0 Å². The first-order chi connectivity index (χ1) is 13.6. The summed E-state index contributed by atoms with van der Waals surface area (Å²) in [4.78, 5) is 0.175. The lowest BCUT2D eigenvalue weighted by Crippen LogP contribution is -2.44. The lowest BCUT2D eigenvalue weighted by atomic mass is 10.0. The highest BCUT2D eigenvalue weighted by atomic mass is 32.2. The second kappa shape index (κ2) is 8.80. The van der Waals surface area contributed by atoms with Crippen molar-refractivity contribution in [3.63, 3.8) is 0 Å². The minimum absolute atomic E-state index is 0.119. The number of hydrogen-bond acceptors (Lipinski definition) is 5. The average molecular weight is 440 g/mol. The Morgan fingerprint density at radius 1 is 1.10 bits per heavy atom. The van der Waals surface area contributed by atoms with Gasteiger partial charge in [-0.3, -0.25) is 0 Å². The molecule has 0 aromatic heterocycles. The van der Waals surface area contributed by atoms with Crippen LogP contribution in [0.1, 0.15) is 18.4 Å². The number of benzene rings is 2. The first-order valence-corrected chi connectivity index (χ1v) is 12.2. The number of sulfonamides is 1. The molecule has 1 atom stereocenters. The molecule has 3 rings (SSSR count). The largest absolute Gasteiger partial charge is 0.457 e. The molecular formula is C19H25N3O5S2. The van der Waals surface area contributed by atoms with Crippen molar-refractivity contribution in [2.75, 3.05) is 19.6 Å². The molecule has 3 N–H and O–H groups in total. The fourth-order valence-corrected chi connectivity index (χ4v) is 5.31. The maximum absolute atomic E-state index is 13.0. The third-order valence-corrected chi connectivity index (χ3v) is 7.19. The summed E-state index contributed by atoms with van der Waals surface area (Å²) in [5, 5.41) is 4.96. The molecule has 158 valence electrons. The van der Waals surface area contributed by atoms with Gasteiger partial charge in [0.25, 0.3) is 10.2 Å². The van der Waals surface area contributed by atoms with E-state index in [-0.39, 0.29) is 23.9 Å². The molecule has 1 heterocycles. The zero-order valence-electron chi connectivity index (χ0n) is 16.1. The van der Waals surface area contributed by atoms with Crippen molar-refractivity contribution in [1.29, 1.82) is 0 Å². The van der Waals surface area contributed by atoms with Crippen LogP contribution in [-0.2, 0) is 20.2 Å². The molecule has 29 heavy (non-hydrogen) atoms. The summed E-state index contributed by atoms with van der Waals surface area (Å²) in [7, 11) is -7.47. The molecule has 2 aromatic rings. The third kappa shape index (κ3) is 6.00. The maximum Gasteiger partial charge on any atom is 0.274 e. The van der Waals surface area contributed by atoms with Gasteiger partial charge in [-0.15, -0.1) is 0 Å². The molecule has 0 bridgehead atoms. The van der Waals surface area contributed by atoms with Crippen molar-refractivity contribution in [3.05, 3.63) is 54.1 Å². The average Bonchev–Trinajstić information content (AvgIpc) is 2.67. The number of piperidine rings is 1. The normalized spacial score (nSPS) is 18.5. The predicted molar refractivity (Wildman–Crippen MR) is 110 cm³/mol. The van der Waals surface area contributed by atoms with Crippen LogP contribution in [0, 0.1) is 12.8 Å². The lowest BCUT2D eigenvalue weighted by molar-refractivity contribution is 0.267. The third-order valence-electron chi connectivity index (χ3n) is 4.74. The van der Waals surface area contributed by atoms with E-state index >= 15 is 0 Å². The SMILES string of the molecule is Cc1cccc(Oc2ccc(S(=O)(=O)N3CCCC(CNS(N)(=O)=O)C3)cc2)c1. The number of nitrogens with two attached hydrogens (primary N) is 1. The summed E-state index contributed by atoms with van der Waals surface area (Å²) >= 11 is 0. The van der Waals surface area contributed by atoms with Crippen LogP contribution in [0.15, 0.2) is 53.4 Å². The van der Waals surface area contributed by atoms with Gasteiger partial charge in [-0.25, -0.2) is 18.3 Å². The first-order valence-electron chi connectivity index (χ1n) is 9.25. The minimum atomic E-state index is -3.79. The smallest absolute Gasteiger partial charge is 0.274 e. The van der Waals surface area contributed by atoms with Gasteiger partial charge in [0.1, 0.15) is 11.5 Å². The summed E-state index contributed by atoms with van der Waals surface area (Å²) in [6.45, 7) is 2.73. The fourth-order valence-electron chi connectivity index (χ4n) is 3.29. The number of nitrogens with one attached hydrogen (secondary N) is 1. The van der Waals surface area contributed by atoms with Crippen LogP contribution < -0.4 is 14.6 Å². The topological polar surface area (TPSA) is 119 Å². The van der Waals surface area contributed by atoms with Gasteiger partial charge >= 0.3 is 0 Å². The van der Waals surface area contributed by atoms with Crippen LogP contribution >= 0.6 is 0 Å². The molecule has 0 spiro atoms. The van der Waals surface area contributed by atoms with Crippen LogP contribution in [0.25, 0.3) is 0 Å². The van der Waals surface area contributed by atoms with Crippen LogP contribution in [0.4, 0.5) is 0 Å². The number of rotatable bonds is 7. The van der Waals surface area contributed by atoms with Gasteiger partial charge in [0.2, 0.25) is 10.0 Å². The quantitative estimate of drug-likeness (QED) is 0.684. The summed E-state index contributed by atoms with van der Waals surface area (Å²) in [5.41, 5.74) is 1.07. The molecule has 1 aliphatic rings. The van der Waals surface area contributed by atoms with Crippen LogP contribution in [0.2, 0.25) is 0 Å². The predicted octanol–water partition coefficient (Wildman–Crippen LogP) is 1.98. The van der Waals surface area contributed by atoms with E-state index in [1.807, 2.05) is 31.2 Å². The monoisotopic (exact) mass is 439 g/mol. The van der Waals surface area contributed by atoms with E-state index in [0.29, 0.717) is 24.5 Å². The van der Waals surface area contributed by atoms with Crippen molar-refractivity contribution >= 4 is 20.2 Å². The molecule has 2 aromatic carbocycles. The molecule has 0 radical (unpaired) electrons. The Morgan fingerprint density at radius 3 is 2.48 bits per heavy atom. The zero-order valence-corrected chi connectivity index (χ0v) is 17.7. The van der Waals surface area contributed by atoms with Crippen molar-refractivity contribution < 1.29 is 21.6 Å². The molecule has 1 unspecified atom stereocenters. The summed E-state index contributed by atoms with van der Waals surface area (Å²) in [6.07, 6.45) is 1.39. The Bertz CT molecular complexity index is 1050. The van der Waals surface area contributed by atoms with Gasteiger partial charge in [-0.1, -0.05) is 12.1 Å². The van der Waals surface area contributed by atoms with Crippen molar-refractivity contribution in [1.82, 2.24) is 9.03 Å². The van der Waals surface area contributed by atoms with E-state index in [2.05, 4.69) is 4.72 Å². The number of ether oxygens (including phenoxy) is 1. The number of aryl methyl sites for hydroxylation is 1. The van der Waals surface area contributed by atoms with Gasteiger partial charge in [0.05, 0.1) is 4.90 Å². The molecule has 1 saturated heterocycles. The summed E-state index contributed by atoms with van der Waals surface area (Å²) < 4.78 is 57.5. The molecule has 0 aliphatic carbocycles. The Morgan fingerprint density at radius 2 is 1.83 bits per heavy atom. The van der Waals surface area contributed by atoms with Crippen molar-refractivity contribution in [3.8, 4) is 11.5 Å². The maximum atomic E-state index is 13.0. The van der Waals surface area contributed by atoms with E-state index in [1.54, 1.807) is 12.1 Å². The first kappa shape index (κ1) is 21.7. The highest BCUT2D eigenvalue weighted by Gasteiger charge is 2.30. The highest BCUT2D eigenvalue weighted by molar-refractivity contribution is 7.89. The second-order valence-electron chi connectivity index (χ2n) is 7.15. The number of hydrogen-bond donors (Lipinski definition) is 2. The Hall–Kier alpha value is -1.98. The fraction of sp³-hybridized carbons (Fsp3) is 0.368. The standard InChI is InChI=1S/C19H25N3O5S2/c1-15-4-2-6-18(12-15)27-17-7-9-19(10-8-17)28(23,24)22-11-3-5-16(14-22)13-21-29(20,25)26/h2,4,6-10,12,16,21H,3,5,11,13-14H2,1H3,(H2,20,25,26). The van der Waals surface area contributed by atoms with Crippen molar-refractivity contribution in [2.45, 2.75) is 24.7 Å². The second-order valence-corrected chi connectivity index (χ2v) is 10.5. The van der Waals surface area contributed by atoms with E-state index in [1.165, 1.54) is 16.4 Å². The van der Waals surface area contributed by atoms with Crippen LogP contribution in [0.5, 0.6) is 11.5 Å². The molecule has 0 saturated carbocycles. The molecule has 1 fully saturated rings. The molecular weight excluding hydrogens is 414 g/mol. The van der Waals surface area contributed by atoms with Gasteiger partial charge in [0, 0.05) is 19.6 Å². The highest BCUT2D eigenvalue weighted by Crippen LogP contribution is 2.27. The van der Waals surface area contributed by atoms with E-state index in [4.69, 9.17) is 9.88 Å². The van der Waals surface area contributed by atoms with Gasteiger partial charge in [-0.05, 0) is 67.6 Å². The van der Waals surface area contributed by atoms with Gasteiger partial charge < -0.3 is 4.74 Å². The van der Waals surface area contributed by atoms with E-state index < -0.39 is 20.2 Å². The number of nitrogens with zero attached hydrogens (tertiary/aromatic N) is 1. The van der Waals surface area contributed by atoms with E-state index in [0.717, 1.165) is 12.0 Å². The molecule has 8 nitrogen and oxygen atoms in total. The molecule has 0 amide bonds.